The third-order valence-corrected chi connectivity index (χ3v) is 4.56. The van der Waals surface area contributed by atoms with Gasteiger partial charge in [-0.05, 0) is 38.0 Å². The molecule has 2 amide bonds. The number of ether oxygens (including phenoxy) is 1. The van der Waals surface area contributed by atoms with E-state index in [0.717, 1.165) is 29.5 Å². The van der Waals surface area contributed by atoms with E-state index in [9.17, 15) is 9.59 Å². The van der Waals surface area contributed by atoms with Gasteiger partial charge >= 0.3 is 0 Å². The number of likely N-dealkylation sites (tertiary alicyclic amines) is 1. The van der Waals surface area contributed by atoms with E-state index in [1.165, 1.54) is 0 Å². The average molecular weight is 327 g/mol. The van der Waals surface area contributed by atoms with Crippen LogP contribution in [0.1, 0.15) is 28.9 Å². The van der Waals surface area contributed by atoms with Crippen LogP contribution in [0.4, 0.5) is 0 Å². The summed E-state index contributed by atoms with van der Waals surface area (Å²) in [6, 6.07) is 7.44. The average Bonchev–Trinajstić information content (AvgIpc) is 2.60. The largest absolute Gasteiger partial charge is 0.497 e. The minimum Gasteiger partial charge on any atom is -0.497 e. The maximum Gasteiger partial charge on any atom is 0.255 e. The van der Waals surface area contributed by atoms with Crippen LogP contribution >= 0.6 is 0 Å². The first-order valence-corrected chi connectivity index (χ1v) is 8.03. The van der Waals surface area contributed by atoms with Crippen LogP contribution in [0, 0.1) is 12.8 Å². The zero-order valence-electron chi connectivity index (χ0n) is 13.9. The van der Waals surface area contributed by atoms with Crippen LogP contribution in [0.2, 0.25) is 0 Å². The molecule has 0 bridgehead atoms. The Bertz CT molecular complexity index is 803. The summed E-state index contributed by atoms with van der Waals surface area (Å²) in [6.45, 7) is 2.85. The first-order chi connectivity index (χ1) is 11.5. The summed E-state index contributed by atoms with van der Waals surface area (Å²) >= 11 is 0. The highest BCUT2D eigenvalue weighted by Gasteiger charge is 2.28. The normalized spacial score (nSPS) is 17.8. The fourth-order valence-corrected chi connectivity index (χ4v) is 3.15. The van der Waals surface area contributed by atoms with Crippen molar-refractivity contribution in [3.8, 4) is 5.75 Å². The molecule has 1 aliphatic heterocycles. The van der Waals surface area contributed by atoms with E-state index >= 15 is 0 Å². The molecule has 1 fully saturated rings. The maximum atomic E-state index is 12.9. The van der Waals surface area contributed by atoms with Crippen molar-refractivity contribution in [1.82, 2.24) is 9.88 Å². The van der Waals surface area contributed by atoms with Crippen molar-refractivity contribution in [2.75, 3.05) is 20.2 Å². The van der Waals surface area contributed by atoms with Crippen LogP contribution in [-0.2, 0) is 4.79 Å². The summed E-state index contributed by atoms with van der Waals surface area (Å²) in [5.74, 6) is 0.0334. The first kappa shape index (κ1) is 16.2. The van der Waals surface area contributed by atoms with Crippen molar-refractivity contribution >= 4 is 22.7 Å². The predicted octanol–water partition coefficient (Wildman–Crippen LogP) is 1.89. The Hall–Kier alpha value is -2.63. The molecule has 1 unspecified atom stereocenters. The van der Waals surface area contributed by atoms with Gasteiger partial charge in [-0.15, -0.1) is 0 Å². The molecule has 1 aromatic heterocycles. The molecule has 1 aliphatic rings. The summed E-state index contributed by atoms with van der Waals surface area (Å²) in [6.07, 6.45) is 1.53. The number of piperidine rings is 1. The molecule has 1 atom stereocenters. The molecule has 126 valence electrons. The van der Waals surface area contributed by atoms with E-state index < -0.39 is 0 Å². The Balaban J connectivity index is 1.92. The molecule has 2 aromatic rings. The summed E-state index contributed by atoms with van der Waals surface area (Å²) in [5.41, 5.74) is 7.42. The van der Waals surface area contributed by atoms with Gasteiger partial charge in [0.25, 0.3) is 5.91 Å². The Kier molecular flexibility index (Phi) is 4.38. The zero-order chi connectivity index (χ0) is 17.3. The summed E-state index contributed by atoms with van der Waals surface area (Å²) in [7, 11) is 1.61. The summed E-state index contributed by atoms with van der Waals surface area (Å²) in [4.78, 5) is 30.5. The van der Waals surface area contributed by atoms with Crippen LogP contribution < -0.4 is 10.5 Å². The SMILES string of the molecule is COc1ccc2cc(C(=O)N3CCCC(C(N)=O)C3)c(C)nc2c1. The molecular formula is C18H21N3O3. The van der Waals surface area contributed by atoms with Gasteiger partial charge in [0, 0.05) is 24.5 Å². The minimum atomic E-state index is -0.340. The number of methoxy groups -OCH3 is 1. The van der Waals surface area contributed by atoms with Crippen molar-refractivity contribution in [1.29, 1.82) is 0 Å². The van der Waals surface area contributed by atoms with Crippen LogP contribution in [0.3, 0.4) is 0 Å². The highest BCUT2D eigenvalue weighted by molar-refractivity contribution is 5.99. The third-order valence-electron chi connectivity index (χ3n) is 4.56. The number of rotatable bonds is 3. The molecule has 1 aromatic carbocycles. The molecular weight excluding hydrogens is 306 g/mol. The topological polar surface area (TPSA) is 85.5 Å². The van der Waals surface area contributed by atoms with Gasteiger partial charge in [-0.3, -0.25) is 14.6 Å². The standard InChI is InChI=1S/C18H21N3O3/c1-11-15(8-12-5-6-14(24-2)9-16(12)20-11)18(23)21-7-3-4-13(10-21)17(19)22/h5-6,8-9,13H,3-4,7,10H2,1-2H3,(H2,19,22). The van der Waals surface area contributed by atoms with E-state index in [1.54, 1.807) is 12.0 Å². The number of carbonyl (C=O) groups excluding carboxylic acids is 2. The Morgan fingerprint density at radius 2 is 2.12 bits per heavy atom. The molecule has 2 heterocycles. The number of nitrogens with zero attached hydrogens (tertiary/aromatic N) is 2. The zero-order valence-corrected chi connectivity index (χ0v) is 13.9. The van der Waals surface area contributed by atoms with Gasteiger partial charge in [0.2, 0.25) is 5.91 Å². The molecule has 0 radical (unpaired) electrons. The highest BCUT2D eigenvalue weighted by Crippen LogP contribution is 2.24. The first-order valence-electron chi connectivity index (χ1n) is 8.03. The van der Waals surface area contributed by atoms with Gasteiger partial charge in [-0.25, -0.2) is 0 Å². The Labute approximate surface area is 140 Å². The van der Waals surface area contributed by atoms with Gasteiger partial charge in [-0.2, -0.15) is 0 Å². The fraction of sp³-hybridized carbons (Fsp3) is 0.389. The smallest absolute Gasteiger partial charge is 0.255 e. The van der Waals surface area contributed by atoms with E-state index in [2.05, 4.69) is 4.98 Å². The maximum absolute atomic E-state index is 12.9. The van der Waals surface area contributed by atoms with Gasteiger partial charge < -0.3 is 15.4 Å². The fourth-order valence-electron chi connectivity index (χ4n) is 3.15. The third kappa shape index (κ3) is 3.04. The molecule has 24 heavy (non-hydrogen) atoms. The predicted molar refractivity (Wildman–Crippen MR) is 90.9 cm³/mol. The molecule has 0 spiro atoms. The lowest BCUT2D eigenvalue weighted by atomic mass is 9.96. The number of fused-ring (bicyclic) bond motifs is 1. The number of pyridine rings is 1. The van der Waals surface area contributed by atoms with Crippen molar-refractivity contribution in [3.05, 3.63) is 35.5 Å². The second-order valence-electron chi connectivity index (χ2n) is 6.17. The number of hydrogen-bond acceptors (Lipinski definition) is 4. The van der Waals surface area contributed by atoms with E-state index in [1.807, 2.05) is 31.2 Å². The highest BCUT2D eigenvalue weighted by atomic mass is 16.5. The summed E-state index contributed by atoms with van der Waals surface area (Å²) in [5, 5.41) is 0.883. The molecule has 2 N–H and O–H groups in total. The molecule has 1 saturated heterocycles. The lowest BCUT2D eigenvalue weighted by Gasteiger charge is -2.31. The van der Waals surface area contributed by atoms with Crippen molar-refractivity contribution in [2.24, 2.45) is 11.7 Å². The van der Waals surface area contributed by atoms with Gasteiger partial charge in [0.05, 0.1) is 29.8 Å². The van der Waals surface area contributed by atoms with E-state index in [4.69, 9.17) is 10.5 Å². The lowest BCUT2D eigenvalue weighted by Crippen LogP contribution is -2.44. The van der Waals surface area contributed by atoms with Crippen LogP contribution in [-0.4, -0.2) is 41.9 Å². The Morgan fingerprint density at radius 1 is 1.33 bits per heavy atom. The second-order valence-corrected chi connectivity index (χ2v) is 6.17. The number of aryl methyl sites for hydroxylation is 1. The number of benzene rings is 1. The van der Waals surface area contributed by atoms with Gasteiger partial charge in [0.1, 0.15) is 5.75 Å². The van der Waals surface area contributed by atoms with Crippen LogP contribution in [0.5, 0.6) is 5.75 Å². The molecule has 6 heteroatoms. The van der Waals surface area contributed by atoms with Crippen molar-refractivity contribution < 1.29 is 14.3 Å². The second kappa shape index (κ2) is 6.47. The quantitative estimate of drug-likeness (QED) is 0.933. The van der Waals surface area contributed by atoms with Crippen molar-refractivity contribution in [2.45, 2.75) is 19.8 Å². The van der Waals surface area contributed by atoms with Gasteiger partial charge in [0.15, 0.2) is 0 Å². The lowest BCUT2D eigenvalue weighted by molar-refractivity contribution is -0.123. The van der Waals surface area contributed by atoms with Crippen LogP contribution in [0.15, 0.2) is 24.3 Å². The number of carbonyl (C=O) groups is 2. The van der Waals surface area contributed by atoms with E-state index in [-0.39, 0.29) is 17.7 Å². The monoisotopic (exact) mass is 327 g/mol. The number of hydrogen-bond donors (Lipinski definition) is 1. The molecule has 3 rings (SSSR count). The number of primary amides is 1. The summed E-state index contributed by atoms with van der Waals surface area (Å²) < 4.78 is 5.21. The van der Waals surface area contributed by atoms with E-state index in [0.29, 0.717) is 24.3 Å². The van der Waals surface area contributed by atoms with Crippen LogP contribution in [0.25, 0.3) is 10.9 Å². The molecule has 0 saturated carbocycles. The Morgan fingerprint density at radius 3 is 2.83 bits per heavy atom. The number of amides is 2. The van der Waals surface area contributed by atoms with Crippen molar-refractivity contribution in [3.63, 3.8) is 0 Å². The molecule has 6 nitrogen and oxygen atoms in total. The van der Waals surface area contributed by atoms with Gasteiger partial charge in [-0.1, -0.05) is 0 Å². The number of nitrogens with two attached hydrogens (primary N) is 1. The molecule has 0 aliphatic carbocycles. The minimum absolute atomic E-state index is 0.0938. The number of aromatic nitrogens is 1.